The second kappa shape index (κ2) is 4.28. The van der Waals surface area contributed by atoms with Crippen LogP contribution in [0, 0.1) is 5.92 Å². The number of rotatable bonds is 2. The van der Waals surface area contributed by atoms with E-state index in [4.69, 9.17) is 0 Å². The van der Waals surface area contributed by atoms with Gasteiger partial charge in [-0.15, -0.1) is 4.68 Å². The van der Waals surface area contributed by atoms with E-state index in [1.165, 1.54) is 11.3 Å². The Hall–Kier alpha value is -1.31. The summed E-state index contributed by atoms with van der Waals surface area (Å²) < 4.78 is 2.28. The minimum Gasteiger partial charge on any atom is -0.186 e. The molecule has 0 aliphatic carbocycles. The molecule has 0 bridgehead atoms. The quantitative estimate of drug-likeness (QED) is 0.688. The van der Waals surface area contributed by atoms with Crippen molar-refractivity contribution in [3.8, 4) is 0 Å². The van der Waals surface area contributed by atoms with Gasteiger partial charge in [-0.25, -0.2) is 0 Å². The fraction of sp³-hybridized carbons (Fsp3) is 0.500. The van der Waals surface area contributed by atoms with Gasteiger partial charge in [-0.1, -0.05) is 30.3 Å². The van der Waals surface area contributed by atoms with Crippen molar-refractivity contribution in [1.82, 2.24) is 5.01 Å². The molecule has 1 aliphatic rings. The number of hydrogen-bond donors (Lipinski definition) is 0. The first-order chi connectivity index (χ1) is 7.61. The van der Waals surface area contributed by atoms with Crippen LogP contribution in [-0.4, -0.2) is 35.5 Å². The van der Waals surface area contributed by atoms with Crippen molar-refractivity contribution in [3.05, 3.63) is 35.9 Å². The van der Waals surface area contributed by atoms with Gasteiger partial charge >= 0.3 is 0 Å². The molecule has 0 N–H and O–H groups in total. The van der Waals surface area contributed by atoms with E-state index in [0.29, 0.717) is 12.0 Å². The van der Waals surface area contributed by atoms with Gasteiger partial charge in [0.2, 0.25) is 0 Å². The molecule has 0 aromatic heterocycles. The molecule has 0 fully saturated rings. The third-order valence-corrected chi connectivity index (χ3v) is 3.99. The van der Waals surface area contributed by atoms with Crippen molar-refractivity contribution < 1.29 is 4.68 Å². The van der Waals surface area contributed by atoms with E-state index in [0.717, 1.165) is 6.42 Å². The van der Waals surface area contributed by atoms with E-state index in [1.807, 2.05) is 0 Å². The van der Waals surface area contributed by atoms with Gasteiger partial charge in [0.15, 0.2) is 12.8 Å². The minimum absolute atomic E-state index is 0.588. The maximum absolute atomic E-state index is 2.32. The zero-order valence-electron chi connectivity index (χ0n) is 10.6. The average molecular weight is 217 g/mol. The third-order valence-electron chi connectivity index (χ3n) is 3.99. The van der Waals surface area contributed by atoms with E-state index >= 15 is 0 Å². The number of hydrogen-bond acceptors (Lipinski definition) is 1. The molecule has 2 rings (SSSR count). The third kappa shape index (κ3) is 1.84. The van der Waals surface area contributed by atoms with Crippen LogP contribution in [0.5, 0.6) is 0 Å². The molecular formula is C14H21N2+. The monoisotopic (exact) mass is 217 g/mol. The first kappa shape index (κ1) is 11.2. The Bertz CT molecular complexity index is 394. The van der Waals surface area contributed by atoms with Crippen LogP contribution in [0.3, 0.4) is 0 Å². The topological polar surface area (TPSA) is 6.25 Å². The normalized spacial score (nSPS) is 25.4. The van der Waals surface area contributed by atoms with Crippen LogP contribution in [0.25, 0.3) is 0 Å². The fourth-order valence-corrected chi connectivity index (χ4v) is 2.56. The second-order valence-electron chi connectivity index (χ2n) is 4.78. The largest absolute Gasteiger partial charge is 0.186 e. The molecule has 2 nitrogen and oxygen atoms in total. The summed E-state index contributed by atoms with van der Waals surface area (Å²) in [5.74, 6) is 0.636. The standard InChI is InChI=1S/C14H21N2/c1-11-14(12(2)16(4)15(11)3)10-13-8-6-5-7-9-13/h5-9,11,14H,10H2,1-4H3/q+1/t11-,14-/m1/s1. The maximum atomic E-state index is 2.32. The number of hydrazone groups is 1. The predicted octanol–water partition coefficient (Wildman–Crippen LogP) is 2.20. The van der Waals surface area contributed by atoms with Gasteiger partial charge in [0.25, 0.3) is 0 Å². The molecule has 1 aromatic carbocycles. The zero-order chi connectivity index (χ0) is 11.7. The van der Waals surface area contributed by atoms with Crippen LogP contribution < -0.4 is 0 Å². The Kier molecular flexibility index (Phi) is 2.99. The van der Waals surface area contributed by atoms with Crippen LogP contribution in [-0.2, 0) is 6.42 Å². The smallest absolute Gasteiger partial charge is 0.184 e. The minimum atomic E-state index is 0.588. The summed E-state index contributed by atoms with van der Waals surface area (Å²) >= 11 is 0. The summed E-state index contributed by atoms with van der Waals surface area (Å²) in [6.45, 7) is 4.55. The number of benzene rings is 1. The Balaban J connectivity index is 2.18. The van der Waals surface area contributed by atoms with Crippen LogP contribution in [0.1, 0.15) is 19.4 Å². The molecule has 16 heavy (non-hydrogen) atoms. The van der Waals surface area contributed by atoms with Crippen LogP contribution in [0.15, 0.2) is 30.3 Å². The Labute approximate surface area is 98.2 Å². The molecule has 0 amide bonds. The summed E-state index contributed by atoms with van der Waals surface area (Å²) in [6, 6.07) is 11.4. The van der Waals surface area contributed by atoms with E-state index in [2.05, 4.69) is 68.0 Å². The van der Waals surface area contributed by atoms with Gasteiger partial charge in [0.05, 0.1) is 19.0 Å². The van der Waals surface area contributed by atoms with E-state index in [9.17, 15) is 0 Å². The van der Waals surface area contributed by atoms with Gasteiger partial charge < -0.3 is 0 Å². The summed E-state index contributed by atoms with van der Waals surface area (Å²) in [4.78, 5) is 0. The van der Waals surface area contributed by atoms with Crippen LogP contribution in [0.4, 0.5) is 0 Å². The number of nitrogens with zero attached hydrogens (tertiary/aromatic N) is 2. The molecule has 2 atom stereocenters. The molecule has 0 radical (unpaired) electrons. The van der Waals surface area contributed by atoms with Crippen molar-refractivity contribution in [2.75, 3.05) is 14.1 Å². The predicted molar refractivity (Wildman–Crippen MR) is 67.7 cm³/mol. The lowest BCUT2D eigenvalue weighted by atomic mass is 9.90. The summed E-state index contributed by atoms with van der Waals surface area (Å²) in [7, 11) is 4.32. The second-order valence-corrected chi connectivity index (χ2v) is 4.78. The first-order valence-electron chi connectivity index (χ1n) is 5.95. The van der Waals surface area contributed by atoms with Gasteiger partial charge in [-0.2, -0.15) is 5.01 Å². The maximum Gasteiger partial charge on any atom is 0.184 e. The van der Waals surface area contributed by atoms with Crippen LogP contribution in [0.2, 0.25) is 0 Å². The first-order valence-corrected chi connectivity index (χ1v) is 5.95. The van der Waals surface area contributed by atoms with Gasteiger partial charge in [-0.05, 0) is 18.9 Å². The number of hydrazine groups is 1. The van der Waals surface area contributed by atoms with E-state index in [-0.39, 0.29) is 0 Å². The van der Waals surface area contributed by atoms with Crippen molar-refractivity contribution in [1.29, 1.82) is 0 Å². The molecule has 0 unspecified atom stereocenters. The SMILES string of the molecule is CC1=[N+](C)N(C)[C@H](C)[C@H]1Cc1ccccc1. The fourth-order valence-electron chi connectivity index (χ4n) is 2.56. The molecular weight excluding hydrogens is 196 g/mol. The van der Waals surface area contributed by atoms with Crippen molar-refractivity contribution >= 4 is 5.71 Å². The lowest BCUT2D eigenvalue weighted by Gasteiger charge is -2.17. The zero-order valence-corrected chi connectivity index (χ0v) is 10.6. The molecule has 0 saturated heterocycles. The average Bonchev–Trinajstić information content (AvgIpc) is 2.48. The summed E-state index contributed by atoms with van der Waals surface area (Å²) in [6.07, 6.45) is 1.14. The Morgan fingerprint density at radius 3 is 2.38 bits per heavy atom. The van der Waals surface area contributed by atoms with Crippen molar-refractivity contribution in [2.45, 2.75) is 26.3 Å². The van der Waals surface area contributed by atoms with Crippen molar-refractivity contribution in [2.24, 2.45) is 5.92 Å². The lowest BCUT2D eigenvalue weighted by molar-refractivity contribution is -0.658. The van der Waals surface area contributed by atoms with Gasteiger partial charge in [-0.3, -0.25) is 0 Å². The molecule has 0 saturated carbocycles. The molecule has 86 valence electrons. The highest BCUT2D eigenvalue weighted by atomic mass is 15.6. The van der Waals surface area contributed by atoms with Crippen LogP contribution >= 0.6 is 0 Å². The van der Waals surface area contributed by atoms with Gasteiger partial charge in [0, 0.05) is 6.92 Å². The summed E-state index contributed by atoms with van der Waals surface area (Å²) in [5.41, 5.74) is 2.90. The van der Waals surface area contributed by atoms with E-state index in [1.54, 1.807) is 0 Å². The highest BCUT2D eigenvalue weighted by Gasteiger charge is 2.38. The highest BCUT2D eigenvalue weighted by molar-refractivity contribution is 5.81. The molecule has 1 aliphatic heterocycles. The molecule has 1 heterocycles. The van der Waals surface area contributed by atoms with Gasteiger partial charge in [0.1, 0.15) is 0 Å². The Morgan fingerprint density at radius 1 is 1.25 bits per heavy atom. The molecule has 1 aromatic rings. The lowest BCUT2D eigenvalue weighted by Crippen LogP contribution is -2.32. The molecule has 2 heteroatoms. The van der Waals surface area contributed by atoms with Crippen molar-refractivity contribution in [3.63, 3.8) is 0 Å². The highest BCUT2D eigenvalue weighted by Crippen LogP contribution is 2.23. The summed E-state index contributed by atoms with van der Waals surface area (Å²) in [5, 5.41) is 2.32. The van der Waals surface area contributed by atoms with E-state index < -0.39 is 0 Å². The Morgan fingerprint density at radius 2 is 1.88 bits per heavy atom. The molecule has 0 spiro atoms.